The normalized spacial score (nSPS) is 15.6. The molecule has 3 rings (SSSR count). The first-order valence-corrected chi connectivity index (χ1v) is 7.63. The number of benzene rings is 1. The largest absolute Gasteiger partial charge is 0.478 e. The number of hydrogen-bond acceptors (Lipinski definition) is 5. The molecule has 0 aliphatic carbocycles. The predicted molar refractivity (Wildman–Crippen MR) is 71.0 cm³/mol. The molecule has 0 saturated carbocycles. The van der Waals surface area contributed by atoms with Crippen molar-refractivity contribution < 1.29 is 18.3 Å². The monoisotopic (exact) mass is 308 g/mol. The Bertz CT molecular complexity index is 799. The van der Waals surface area contributed by atoms with Gasteiger partial charge in [-0.3, -0.25) is 0 Å². The van der Waals surface area contributed by atoms with E-state index in [-0.39, 0.29) is 23.5 Å². The maximum Gasteiger partial charge on any atom is 0.337 e. The zero-order chi connectivity index (χ0) is 15.0. The maximum absolute atomic E-state index is 12.6. The zero-order valence-electron chi connectivity index (χ0n) is 10.9. The molecule has 0 bridgehead atoms. The molecule has 110 valence electrons. The van der Waals surface area contributed by atoms with Gasteiger partial charge in [-0.05, 0) is 12.1 Å². The van der Waals surface area contributed by atoms with Gasteiger partial charge < -0.3 is 9.67 Å². The lowest BCUT2D eigenvalue weighted by molar-refractivity contribution is 0.0692. The van der Waals surface area contributed by atoms with E-state index in [9.17, 15) is 13.2 Å². The molecular weight excluding hydrogens is 296 g/mol. The second kappa shape index (κ2) is 4.93. The van der Waals surface area contributed by atoms with Crippen molar-refractivity contribution in [2.75, 3.05) is 6.54 Å². The van der Waals surface area contributed by atoms with E-state index in [1.165, 1.54) is 28.6 Å². The lowest BCUT2D eigenvalue weighted by atomic mass is 10.2. The smallest absolute Gasteiger partial charge is 0.337 e. The fraction of sp³-hybridized carbons (Fsp3) is 0.250. The fourth-order valence-electron chi connectivity index (χ4n) is 2.26. The van der Waals surface area contributed by atoms with Crippen LogP contribution in [0, 0.1) is 0 Å². The van der Waals surface area contributed by atoms with E-state index in [4.69, 9.17) is 5.11 Å². The van der Waals surface area contributed by atoms with Crippen LogP contribution in [0.2, 0.25) is 0 Å². The molecule has 9 heteroatoms. The van der Waals surface area contributed by atoms with Gasteiger partial charge >= 0.3 is 5.97 Å². The van der Waals surface area contributed by atoms with Gasteiger partial charge in [0.1, 0.15) is 12.2 Å². The molecule has 8 nitrogen and oxygen atoms in total. The van der Waals surface area contributed by atoms with E-state index in [2.05, 4.69) is 10.2 Å². The highest BCUT2D eigenvalue weighted by atomic mass is 32.2. The number of nitrogens with zero attached hydrogens (tertiary/aromatic N) is 4. The van der Waals surface area contributed by atoms with Crippen LogP contribution in [0.1, 0.15) is 16.2 Å². The van der Waals surface area contributed by atoms with Crippen LogP contribution in [0.25, 0.3) is 0 Å². The van der Waals surface area contributed by atoms with Crippen LogP contribution in [0.4, 0.5) is 0 Å². The molecular formula is C12H12N4O4S. The first kappa shape index (κ1) is 13.7. The molecule has 1 aliphatic rings. The lowest BCUT2D eigenvalue weighted by Crippen LogP contribution is -2.38. The summed E-state index contributed by atoms with van der Waals surface area (Å²) in [6.45, 7) is 0.772. The number of aromatic nitrogens is 3. The van der Waals surface area contributed by atoms with Crippen molar-refractivity contribution in [2.24, 2.45) is 0 Å². The Morgan fingerprint density at radius 1 is 1.24 bits per heavy atom. The Labute approximate surface area is 120 Å². The summed E-state index contributed by atoms with van der Waals surface area (Å²) < 4.78 is 28.3. The number of fused-ring (bicyclic) bond motifs is 1. The van der Waals surface area contributed by atoms with Crippen LogP contribution >= 0.6 is 0 Å². The second-order valence-electron chi connectivity index (χ2n) is 4.58. The number of rotatable bonds is 3. The highest BCUT2D eigenvalue weighted by Crippen LogP contribution is 2.23. The van der Waals surface area contributed by atoms with Crippen molar-refractivity contribution in [3.8, 4) is 0 Å². The van der Waals surface area contributed by atoms with Crippen LogP contribution < -0.4 is 0 Å². The number of aromatic carboxylic acids is 1. The average Bonchev–Trinajstić information content (AvgIpc) is 2.94. The molecule has 21 heavy (non-hydrogen) atoms. The third-order valence-corrected chi connectivity index (χ3v) is 5.24. The number of hydrogen-bond donors (Lipinski definition) is 1. The molecule has 1 aliphatic heterocycles. The molecule has 2 aromatic rings. The standard InChI is InChI=1S/C12H12N4O4S/c17-12(18)9-3-1-2-4-10(9)21(19,20)16-6-5-15-8-13-14-11(15)7-16/h1-4,8H,5-7H2,(H,17,18). The molecule has 2 heterocycles. The van der Waals surface area contributed by atoms with Crippen LogP contribution in [0.3, 0.4) is 0 Å². The SMILES string of the molecule is O=C(O)c1ccccc1S(=O)(=O)N1CCn2cnnc2C1. The number of carbonyl (C=O) groups is 1. The third-order valence-electron chi connectivity index (χ3n) is 3.34. The van der Waals surface area contributed by atoms with E-state index in [0.717, 1.165) is 0 Å². The molecule has 1 aromatic heterocycles. The van der Waals surface area contributed by atoms with Gasteiger partial charge in [-0.15, -0.1) is 10.2 Å². The molecule has 1 aromatic carbocycles. The lowest BCUT2D eigenvalue weighted by Gasteiger charge is -2.26. The number of carboxylic acid groups (broad SMARTS) is 1. The van der Waals surface area contributed by atoms with Crippen molar-refractivity contribution in [1.82, 2.24) is 19.1 Å². The minimum atomic E-state index is -3.89. The Morgan fingerprint density at radius 2 is 2.00 bits per heavy atom. The first-order chi connectivity index (χ1) is 10.00. The van der Waals surface area contributed by atoms with Crippen molar-refractivity contribution in [3.63, 3.8) is 0 Å². The zero-order valence-corrected chi connectivity index (χ0v) is 11.7. The highest BCUT2D eigenvalue weighted by Gasteiger charge is 2.32. The van der Waals surface area contributed by atoms with E-state index < -0.39 is 16.0 Å². The van der Waals surface area contributed by atoms with Gasteiger partial charge in [0, 0.05) is 13.1 Å². The van der Waals surface area contributed by atoms with Crippen molar-refractivity contribution in [2.45, 2.75) is 18.0 Å². The predicted octanol–water partition coefficient (Wildman–Crippen LogP) is 0.181. The first-order valence-electron chi connectivity index (χ1n) is 6.19. The molecule has 0 spiro atoms. The quantitative estimate of drug-likeness (QED) is 0.867. The van der Waals surface area contributed by atoms with Gasteiger partial charge in [0.15, 0.2) is 0 Å². The van der Waals surface area contributed by atoms with E-state index in [1.54, 1.807) is 10.9 Å². The minimum Gasteiger partial charge on any atom is -0.478 e. The Balaban J connectivity index is 2.01. The van der Waals surface area contributed by atoms with Crippen molar-refractivity contribution in [1.29, 1.82) is 0 Å². The second-order valence-corrected chi connectivity index (χ2v) is 6.49. The summed E-state index contributed by atoms with van der Waals surface area (Å²) in [4.78, 5) is 11.0. The summed E-state index contributed by atoms with van der Waals surface area (Å²) in [5, 5.41) is 16.7. The van der Waals surface area contributed by atoms with Crippen molar-refractivity contribution >= 4 is 16.0 Å². The minimum absolute atomic E-state index is 0.0796. The summed E-state index contributed by atoms with van der Waals surface area (Å²) in [6, 6.07) is 5.58. The highest BCUT2D eigenvalue weighted by molar-refractivity contribution is 7.89. The van der Waals surface area contributed by atoms with Crippen LogP contribution in [-0.2, 0) is 23.1 Å². The van der Waals surface area contributed by atoms with Crippen LogP contribution in [0.15, 0.2) is 35.5 Å². The Kier molecular flexibility index (Phi) is 3.22. The summed E-state index contributed by atoms with van der Waals surface area (Å²) in [5.41, 5.74) is -0.232. The molecule has 0 saturated heterocycles. The molecule has 0 unspecified atom stereocenters. The van der Waals surface area contributed by atoms with Gasteiger partial charge in [0.25, 0.3) is 0 Å². The summed E-state index contributed by atoms with van der Waals surface area (Å²) in [5.74, 6) is -0.730. The maximum atomic E-state index is 12.6. The topological polar surface area (TPSA) is 105 Å². The van der Waals surface area contributed by atoms with Gasteiger partial charge in [-0.2, -0.15) is 4.31 Å². The van der Waals surface area contributed by atoms with Crippen LogP contribution in [0.5, 0.6) is 0 Å². The molecule has 0 radical (unpaired) electrons. The molecule has 0 atom stereocenters. The summed E-state index contributed by atoms with van der Waals surface area (Å²) in [7, 11) is -3.89. The average molecular weight is 308 g/mol. The van der Waals surface area contributed by atoms with Crippen LogP contribution in [-0.4, -0.2) is 45.1 Å². The molecule has 0 fully saturated rings. The third kappa shape index (κ3) is 2.30. The fourth-order valence-corrected chi connectivity index (χ4v) is 3.83. The molecule has 1 N–H and O–H groups in total. The Hall–Kier alpha value is -2.26. The van der Waals surface area contributed by atoms with Crippen molar-refractivity contribution in [3.05, 3.63) is 42.0 Å². The Morgan fingerprint density at radius 3 is 2.76 bits per heavy atom. The van der Waals surface area contributed by atoms with Gasteiger partial charge in [-0.25, -0.2) is 13.2 Å². The van der Waals surface area contributed by atoms with E-state index >= 15 is 0 Å². The van der Waals surface area contributed by atoms with E-state index in [1.807, 2.05) is 0 Å². The summed E-state index contributed by atoms with van der Waals surface area (Å²) in [6.07, 6.45) is 1.55. The van der Waals surface area contributed by atoms with Gasteiger partial charge in [-0.1, -0.05) is 12.1 Å². The number of sulfonamides is 1. The molecule has 0 amide bonds. The summed E-state index contributed by atoms with van der Waals surface area (Å²) >= 11 is 0. The van der Waals surface area contributed by atoms with Gasteiger partial charge in [0.2, 0.25) is 10.0 Å². The number of carboxylic acids is 1. The van der Waals surface area contributed by atoms with E-state index in [0.29, 0.717) is 12.4 Å². The van der Waals surface area contributed by atoms with Gasteiger partial charge in [0.05, 0.1) is 17.0 Å².